The van der Waals surface area contributed by atoms with Crippen molar-refractivity contribution in [1.82, 2.24) is 10.6 Å². The molecule has 2 aliphatic rings. The van der Waals surface area contributed by atoms with Gasteiger partial charge in [-0.2, -0.15) is 0 Å². The Kier molecular flexibility index (Phi) is 6.62. The number of aliphatic imine (C=N–C) groups is 1. The number of para-hydroxylation sites is 2. The fourth-order valence-electron chi connectivity index (χ4n) is 4.29. The molecule has 1 atom stereocenters. The van der Waals surface area contributed by atoms with Gasteiger partial charge in [-0.15, -0.1) is 0 Å². The summed E-state index contributed by atoms with van der Waals surface area (Å²) in [5.41, 5.74) is 3.85. The van der Waals surface area contributed by atoms with Crippen molar-refractivity contribution < 1.29 is 9.47 Å². The molecule has 30 heavy (non-hydrogen) atoms. The molecule has 0 saturated carbocycles. The number of nitrogens with one attached hydrogen (secondary N) is 2. The summed E-state index contributed by atoms with van der Waals surface area (Å²) in [5, 5.41) is 6.95. The quantitative estimate of drug-likeness (QED) is 0.545. The maximum atomic E-state index is 5.59. The van der Waals surface area contributed by atoms with Crippen LogP contribution in [0.25, 0.3) is 0 Å². The van der Waals surface area contributed by atoms with Crippen LogP contribution in [-0.2, 0) is 12.8 Å². The van der Waals surface area contributed by atoms with Crippen LogP contribution < -0.4 is 25.0 Å². The molecule has 2 aliphatic heterocycles. The second-order valence-electron chi connectivity index (χ2n) is 7.94. The molecule has 160 valence electrons. The summed E-state index contributed by atoms with van der Waals surface area (Å²) in [5.74, 6) is 3.45. The Morgan fingerprint density at radius 3 is 3.00 bits per heavy atom. The first kappa shape index (κ1) is 20.4. The predicted molar refractivity (Wildman–Crippen MR) is 122 cm³/mol. The van der Waals surface area contributed by atoms with E-state index in [1.165, 1.54) is 23.2 Å². The number of nitrogens with zero attached hydrogens (tertiary/aromatic N) is 2. The highest BCUT2D eigenvalue weighted by atomic mass is 16.5. The van der Waals surface area contributed by atoms with Gasteiger partial charge in [0, 0.05) is 39.6 Å². The molecule has 0 aliphatic carbocycles. The molecule has 2 aromatic carbocycles. The molecule has 6 nitrogen and oxygen atoms in total. The second kappa shape index (κ2) is 9.74. The lowest BCUT2D eigenvalue weighted by molar-refractivity contribution is 0.357. The third-order valence-corrected chi connectivity index (χ3v) is 5.95. The molecule has 1 saturated heterocycles. The Hall–Kier alpha value is -2.89. The summed E-state index contributed by atoms with van der Waals surface area (Å²) in [6.07, 6.45) is 3.16. The number of hydrogen-bond donors (Lipinski definition) is 2. The van der Waals surface area contributed by atoms with Crippen LogP contribution in [0.2, 0.25) is 0 Å². The molecule has 2 N–H and O–H groups in total. The Morgan fingerprint density at radius 2 is 2.13 bits per heavy atom. The third-order valence-electron chi connectivity index (χ3n) is 5.95. The Labute approximate surface area is 179 Å². The smallest absolute Gasteiger partial charge is 0.190 e. The van der Waals surface area contributed by atoms with Crippen LogP contribution in [0.15, 0.2) is 47.5 Å². The van der Waals surface area contributed by atoms with Gasteiger partial charge in [-0.3, -0.25) is 4.99 Å². The highest BCUT2D eigenvalue weighted by Gasteiger charge is 2.24. The van der Waals surface area contributed by atoms with Crippen LogP contribution in [0.5, 0.6) is 11.5 Å². The Morgan fingerprint density at radius 1 is 1.23 bits per heavy atom. The van der Waals surface area contributed by atoms with Gasteiger partial charge in [0.25, 0.3) is 0 Å². The SMILES string of the molecule is CN=C(NCCc1ccc2c(c1)CCO2)NCC1CCN(c2ccccc2OC)C1. The zero-order chi connectivity index (χ0) is 20.8. The van der Waals surface area contributed by atoms with Gasteiger partial charge >= 0.3 is 0 Å². The number of guanidine groups is 1. The average Bonchev–Trinajstić information content (AvgIpc) is 3.45. The number of ether oxygens (including phenoxy) is 2. The van der Waals surface area contributed by atoms with Gasteiger partial charge in [0.2, 0.25) is 0 Å². The minimum Gasteiger partial charge on any atom is -0.495 e. The lowest BCUT2D eigenvalue weighted by Crippen LogP contribution is -2.41. The number of rotatable bonds is 7. The van der Waals surface area contributed by atoms with Crippen molar-refractivity contribution in [3.8, 4) is 11.5 Å². The van der Waals surface area contributed by atoms with Crippen molar-refractivity contribution in [1.29, 1.82) is 0 Å². The van der Waals surface area contributed by atoms with Crippen molar-refractivity contribution >= 4 is 11.6 Å². The van der Waals surface area contributed by atoms with Crippen molar-refractivity contribution in [3.63, 3.8) is 0 Å². The fraction of sp³-hybridized carbons (Fsp3) is 0.458. The van der Waals surface area contributed by atoms with E-state index in [1.807, 2.05) is 19.2 Å². The van der Waals surface area contributed by atoms with Gasteiger partial charge in [0.1, 0.15) is 11.5 Å². The number of fused-ring (bicyclic) bond motifs is 1. The van der Waals surface area contributed by atoms with E-state index in [4.69, 9.17) is 9.47 Å². The standard InChI is InChI=1S/C24H32N4O2/c1-25-24(26-12-9-18-7-8-22-20(15-18)11-14-30-22)27-16-19-10-13-28(17-19)21-5-3-4-6-23(21)29-2/h3-8,15,19H,9-14,16-17H2,1-2H3,(H2,25,26,27). The Balaban J connectivity index is 1.21. The highest BCUT2D eigenvalue weighted by Crippen LogP contribution is 2.31. The molecule has 1 fully saturated rings. The van der Waals surface area contributed by atoms with Crippen molar-refractivity contribution in [2.24, 2.45) is 10.9 Å². The molecule has 0 amide bonds. The van der Waals surface area contributed by atoms with Crippen LogP contribution in [-0.4, -0.2) is 52.9 Å². The molecule has 0 radical (unpaired) electrons. The van der Waals surface area contributed by atoms with E-state index in [9.17, 15) is 0 Å². The van der Waals surface area contributed by atoms with Crippen molar-refractivity contribution in [3.05, 3.63) is 53.6 Å². The van der Waals surface area contributed by atoms with Gasteiger partial charge in [-0.05, 0) is 48.1 Å². The maximum Gasteiger partial charge on any atom is 0.190 e. The van der Waals surface area contributed by atoms with E-state index in [2.05, 4.69) is 50.9 Å². The average molecular weight is 409 g/mol. The molecule has 0 bridgehead atoms. The molecule has 2 heterocycles. The van der Waals surface area contributed by atoms with E-state index in [-0.39, 0.29) is 0 Å². The number of anilines is 1. The third kappa shape index (κ3) is 4.81. The summed E-state index contributed by atoms with van der Waals surface area (Å²) < 4.78 is 11.1. The van der Waals surface area contributed by atoms with E-state index >= 15 is 0 Å². The first-order valence-electron chi connectivity index (χ1n) is 10.8. The van der Waals surface area contributed by atoms with Crippen LogP contribution in [0, 0.1) is 5.92 Å². The topological polar surface area (TPSA) is 58.1 Å². The van der Waals surface area contributed by atoms with Gasteiger partial charge in [0.05, 0.1) is 19.4 Å². The molecular formula is C24H32N4O2. The van der Waals surface area contributed by atoms with Gasteiger partial charge in [-0.1, -0.05) is 24.3 Å². The molecule has 1 unspecified atom stereocenters. The summed E-state index contributed by atoms with van der Waals surface area (Å²) in [6, 6.07) is 14.8. The summed E-state index contributed by atoms with van der Waals surface area (Å²) in [4.78, 5) is 6.80. The molecule has 0 spiro atoms. The normalized spacial score (nSPS) is 18.1. The van der Waals surface area contributed by atoms with Crippen LogP contribution in [0.3, 0.4) is 0 Å². The predicted octanol–water partition coefficient (Wildman–Crippen LogP) is 2.86. The first-order chi connectivity index (χ1) is 14.8. The lowest BCUT2D eigenvalue weighted by Gasteiger charge is -2.21. The van der Waals surface area contributed by atoms with Gasteiger partial charge in [-0.25, -0.2) is 0 Å². The zero-order valence-corrected chi connectivity index (χ0v) is 18.0. The van der Waals surface area contributed by atoms with E-state index in [0.29, 0.717) is 5.92 Å². The summed E-state index contributed by atoms with van der Waals surface area (Å²) >= 11 is 0. The zero-order valence-electron chi connectivity index (χ0n) is 18.0. The van der Waals surface area contributed by atoms with Gasteiger partial charge < -0.3 is 25.0 Å². The summed E-state index contributed by atoms with van der Waals surface area (Å²) in [6.45, 7) is 4.67. The molecule has 4 rings (SSSR count). The molecule has 6 heteroatoms. The van der Waals surface area contributed by atoms with Crippen molar-refractivity contribution in [2.45, 2.75) is 19.3 Å². The van der Waals surface area contributed by atoms with Crippen LogP contribution in [0.4, 0.5) is 5.69 Å². The largest absolute Gasteiger partial charge is 0.495 e. The second-order valence-corrected chi connectivity index (χ2v) is 7.94. The Bertz CT molecular complexity index is 883. The monoisotopic (exact) mass is 408 g/mol. The first-order valence-corrected chi connectivity index (χ1v) is 10.8. The van der Waals surface area contributed by atoms with Crippen LogP contribution in [0.1, 0.15) is 17.5 Å². The molecular weight excluding hydrogens is 376 g/mol. The van der Waals surface area contributed by atoms with Crippen LogP contribution >= 0.6 is 0 Å². The van der Waals surface area contributed by atoms with E-state index in [1.54, 1.807) is 7.11 Å². The number of methoxy groups -OCH3 is 1. The molecule has 0 aromatic heterocycles. The van der Waals surface area contributed by atoms with Crippen molar-refractivity contribution in [2.75, 3.05) is 51.8 Å². The number of benzene rings is 2. The van der Waals surface area contributed by atoms with E-state index < -0.39 is 0 Å². The highest BCUT2D eigenvalue weighted by molar-refractivity contribution is 5.79. The summed E-state index contributed by atoms with van der Waals surface area (Å²) in [7, 11) is 3.57. The minimum absolute atomic E-state index is 0.588. The fourth-order valence-corrected chi connectivity index (χ4v) is 4.29. The van der Waals surface area contributed by atoms with E-state index in [0.717, 1.165) is 63.1 Å². The minimum atomic E-state index is 0.588. The lowest BCUT2D eigenvalue weighted by atomic mass is 10.1. The van der Waals surface area contributed by atoms with Gasteiger partial charge in [0.15, 0.2) is 5.96 Å². The maximum absolute atomic E-state index is 5.59. The molecule has 2 aromatic rings. The number of hydrogen-bond acceptors (Lipinski definition) is 4.